The molecule has 0 amide bonds. The van der Waals surface area contributed by atoms with Gasteiger partial charge in [0.1, 0.15) is 0 Å². The van der Waals surface area contributed by atoms with Crippen LogP contribution < -0.4 is 5.32 Å². The zero-order valence-corrected chi connectivity index (χ0v) is 12.7. The molecule has 3 nitrogen and oxygen atoms in total. The molecule has 1 saturated heterocycles. The lowest BCUT2D eigenvalue weighted by molar-refractivity contribution is 0.237. The average Bonchev–Trinajstić information content (AvgIpc) is 3.09. The van der Waals surface area contributed by atoms with Gasteiger partial charge in [0.2, 0.25) is 0 Å². The van der Waals surface area contributed by atoms with E-state index in [2.05, 4.69) is 43.1 Å². The Morgan fingerprint density at radius 1 is 1.28 bits per heavy atom. The van der Waals surface area contributed by atoms with Crippen molar-refractivity contribution in [2.24, 2.45) is 11.8 Å². The highest BCUT2D eigenvalue weighted by Gasteiger charge is 2.36. The quantitative estimate of drug-likeness (QED) is 0.744. The average molecular weight is 253 g/mol. The molecule has 3 heteroatoms. The van der Waals surface area contributed by atoms with E-state index in [-0.39, 0.29) is 0 Å². The van der Waals surface area contributed by atoms with Crippen LogP contribution in [0.3, 0.4) is 0 Å². The van der Waals surface area contributed by atoms with Gasteiger partial charge in [0.05, 0.1) is 0 Å². The first kappa shape index (κ1) is 14.3. The summed E-state index contributed by atoms with van der Waals surface area (Å²) in [7, 11) is 4.44. The zero-order chi connectivity index (χ0) is 13.1. The molecule has 0 radical (unpaired) electrons. The van der Waals surface area contributed by atoms with Gasteiger partial charge in [0.25, 0.3) is 0 Å². The van der Waals surface area contributed by atoms with Crippen LogP contribution in [0.1, 0.15) is 33.1 Å². The molecular weight excluding hydrogens is 222 g/mol. The minimum absolute atomic E-state index is 0.746. The smallest absolute Gasteiger partial charge is 0.0254 e. The lowest BCUT2D eigenvalue weighted by Gasteiger charge is -2.26. The van der Waals surface area contributed by atoms with Crippen molar-refractivity contribution in [1.29, 1.82) is 0 Å². The number of nitrogens with zero attached hydrogens (tertiary/aromatic N) is 2. The van der Waals surface area contributed by atoms with Gasteiger partial charge in [-0.25, -0.2) is 0 Å². The fourth-order valence-corrected chi connectivity index (χ4v) is 3.36. The predicted molar refractivity (Wildman–Crippen MR) is 77.9 cm³/mol. The third-order valence-corrected chi connectivity index (χ3v) is 4.61. The van der Waals surface area contributed by atoms with E-state index < -0.39 is 0 Å². The van der Waals surface area contributed by atoms with Crippen molar-refractivity contribution in [3.63, 3.8) is 0 Å². The fourth-order valence-electron chi connectivity index (χ4n) is 3.36. The lowest BCUT2D eigenvalue weighted by atomic mass is 10.1. The molecule has 2 rings (SSSR count). The molecule has 1 N–H and O–H groups in total. The van der Waals surface area contributed by atoms with E-state index in [9.17, 15) is 0 Å². The lowest BCUT2D eigenvalue weighted by Crippen LogP contribution is -2.43. The summed E-state index contributed by atoms with van der Waals surface area (Å²) in [6, 6.07) is 1.49. The standard InChI is InChI=1S/C15H31N3/c1-5-8-16-14(13-6-7-13)10-18-9-12(2)15(11-18)17(3)4/h12-16H,5-11H2,1-4H3. The minimum atomic E-state index is 0.746. The number of likely N-dealkylation sites (N-methyl/N-ethyl adjacent to an activating group) is 1. The summed E-state index contributed by atoms with van der Waals surface area (Å²) in [5, 5.41) is 3.76. The number of hydrogen-bond acceptors (Lipinski definition) is 3. The highest BCUT2D eigenvalue weighted by molar-refractivity contribution is 4.93. The summed E-state index contributed by atoms with van der Waals surface area (Å²) in [6.45, 7) is 9.64. The molecule has 18 heavy (non-hydrogen) atoms. The van der Waals surface area contributed by atoms with Crippen LogP contribution in [0.5, 0.6) is 0 Å². The third-order valence-electron chi connectivity index (χ3n) is 4.61. The van der Waals surface area contributed by atoms with Crippen LogP contribution in [0.2, 0.25) is 0 Å². The third kappa shape index (κ3) is 3.69. The molecular formula is C15H31N3. The highest BCUT2D eigenvalue weighted by atomic mass is 15.2. The zero-order valence-electron chi connectivity index (χ0n) is 12.7. The molecule has 2 fully saturated rings. The van der Waals surface area contributed by atoms with E-state index in [4.69, 9.17) is 0 Å². The molecule has 106 valence electrons. The van der Waals surface area contributed by atoms with Gasteiger partial charge < -0.3 is 10.2 Å². The Morgan fingerprint density at radius 2 is 2.00 bits per heavy atom. The first-order chi connectivity index (χ1) is 8.61. The van der Waals surface area contributed by atoms with Crippen molar-refractivity contribution in [1.82, 2.24) is 15.1 Å². The normalized spacial score (nSPS) is 31.2. The maximum absolute atomic E-state index is 3.76. The van der Waals surface area contributed by atoms with Gasteiger partial charge >= 0.3 is 0 Å². The Bertz CT molecular complexity index is 250. The van der Waals surface area contributed by atoms with Gasteiger partial charge in [0, 0.05) is 31.7 Å². The Labute approximate surface area is 113 Å². The van der Waals surface area contributed by atoms with Crippen molar-refractivity contribution < 1.29 is 0 Å². The Hall–Kier alpha value is -0.120. The van der Waals surface area contributed by atoms with E-state index in [1.807, 2.05) is 0 Å². The van der Waals surface area contributed by atoms with Crippen molar-refractivity contribution in [3.8, 4) is 0 Å². The molecule has 1 aliphatic carbocycles. The molecule has 3 atom stereocenters. The number of hydrogen-bond donors (Lipinski definition) is 1. The molecule has 2 aliphatic rings. The topological polar surface area (TPSA) is 18.5 Å². The fraction of sp³-hybridized carbons (Fsp3) is 1.00. The SMILES string of the molecule is CCCNC(CN1CC(C)C(N(C)C)C1)C1CC1. The minimum Gasteiger partial charge on any atom is -0.312 e. The Kier molecular flexibility index (Phi) is 5.05. The molecule has 1 heterocycles. The van der Waals surface area contributed by atoms with Gasteiger partial charge in [-0.3, -0.25) is 4.90 Å². The van der Waals surface area contributed by atoms with Crippen molar-refractivity contribution in [3.05, 3.63) is 0 Å². The van der Waals surface area contributed by atoms with E-state index in [0.29, 0.717) is 0 Å². The molecule has 0 spiro atoms. The second kappa shape index (κ2) is 6.36. The van der Waals surface area contributed by atoms with E-state index in [1.165, 1.54) is 45.4 Å². The summed E-state index contributed by atoms with van der Waals surface area (Å²) >= 11 is 0. The predicted octanol–water partition coefficient (Wildman–Crippen LogP) is 1.65. The van der Waals surface area contributed by atoms with Gasteiger partial charge in [-0.1, -0.05) is 13.8 Å². The molecule has 1 saturated carbocycles. The van der Waals surface area contributed by atoms with Crippen LogP contribution >= 0.6 is 0 Å². The summed E-state index contributed by atoms with van der Waals surface area (Å²) in [4.78, 5) is 5.08. The van der Waals surface area contributed by atoms with Crippen LogP contribution in [0, 0.1) is 11.8 Å². The van der Waals surface area contributed by atoms with Crippen LogP contribution in [-0.4, -0.2) is 62.2 Å². The largest absolute Gasteiger partial charge is 0.312 e. The van der Waals surface area contributed by atoms with Crippen LogP contribution in [-0.2, 0) is 0 Å². The molecule has 0 aromatic carbocycles. The summed E-state index contributed by atoms with van der Waals surface area (Å²) < 4.78 is 0. The molecule has 0 bridgehead atoms. The van der Waals surface area contributed by atoms with Crippen LogP contribution in [0.4, 0.5) is 0 Å². The first-order valence-electron chi connectivity index (χ1n) is 7.74. The van der Waals surface area contributed by atoms with Crippen molar-refractivity contribution in [2.75, 3.05) is 40.3 Å². The Morgan fingerprint density at radius 3 is 2.50 bits per heavy atom. The van der Waals surface area contributed by atoms with Crippen molar-refractivity contribution in [2.45, 2.75) is 45.2 Å². The molecule has 0 aromatic heterocycles. The van der Waals surface area contributed by atoms with E-state index in [1.54, 1.807) is 0 Å². The van der Waals surface area contributed by atoms with Gasteiger partial charge in [-0.2, -0.15) is 0 Å². The molecule has 3 unspecified atom stereocenters. The van der Waals surface area contributed by atoms with Crippen LogP contribution in [0.25, 0.3) is 0 Å². The summed E-state index contributed by atoms with van der Waals surface area (Å²) in [6.07, 6.45) is 4.14. The molecule has 1 aliphatic heterocycles. The molecule has 0 aromatic rings. The van der Waals surface area contributed by atoms with Crippen molar-refractivity contribution >= 4 is 0 Å². The van der Waals surface area contributed by atoms with Crippen LogP contribution in [0.15, 0.2) is 0 Å². The number of likely N-dealkylation sites (tertiary alicyclic amines) is 1. The summed E-state index contributed by atoms with van der Waals surface area (Å²) in [5.41, 5.74) is 0. The monoisotopic (exact) mass is 253 g/mol. The number of nitrogens with one attached hydrogen (secondary N) is 1. The van der Waals surface area contributed by atoms with Gasteiger partial charge in [-0.15, -0.1) is 0 Å². The van der Waals surface area contributed by atoms with Gasteiger partial charge in [-0.05, 0) is 51.7 Å². The highest BCUT2D eigenvalue weighted by Crippen LogP contribution is 2.33. The maximum Gasteiger partial charge on any atom is 0.0254 e. The second-order valence-corrected chi connectivity index (χ2v) is 6.62. The Balaban J connectivity index is 1.81. The summed E-state index contributed by atoms with van der Waals surface area (Å²) in [5.74, 6) is 1.77. The van der Waals surface area contributed by atoms with E-state index in [0.717, 1.165) is 23.9 Å². The maximum atomic E-state index is 3.76. The van der Waals surface area contributed by atoms with Gasteiger partial charge in [0.15, 0.2) is 0 Å². The first-order valence-corrected chi connectivity index (χ1v) is 7.74. The second-order valence-electron chi connectivity index (χ2n) is 6.62. The van der Waals surface area contributed by atoms with E-state index >= 15 is 0 Å². The number of rotatable bonds is 7.